The van der Waals surface area contributed by atoms with Crippen LogP contribution in [0.2, 0.25) is 5.28 Å². The summed E-state index contributed by atoms with van der Waals surface area (Å²) in [6.45, 7) is 6.97. The molecule has 0 fully saturated rings. The van der Waals surface area contributed by atoms with Crippen LogP contribution in [0.4, 0.5) is 5.82 Å². The molecule has 102 valence electrons. The summed E-state index contributed by atoms with van der Waals surface area (Å²) in [4.78, 5) is 12.2. The number of fused-ring (bicyclic) bond motifs is 1. The molecule has 2 heterocycles. The van der Waals surface area contributed by atoms with Crippen molar-refractivity contribution in [1.82, 2.24) is 19.5 Å². The van der Waals surface area contributed by atoms with Crippen molar-refractivity contribution < 1.29 is 4.74 Å². The third kappa shape index (κ3) is 3.35. The molecule has 2 aromatic rings. The lowest BCUT2D eigenvalue weighted by molar-refractivity contribution is 0.208. The van der Waals surface area contributed by atoms with Crippen LogP contribution >= 0.6 is 11.6 Å². The summed E-state index contributed by atoms with van der Waals surface area (Å²) in [7, 11) is 0. The van der Waals surface area contributed by atoms with Crippen LogP contribution in [0.1, 0.15) is 19.8 Å². The topological polar surface area (TPSA) is 78.9 Å². The minimum atomic E-state index is 0.136. The first-order valence-corrected chi connectivity index (χ1v) is 6.38. The van der Waals surface area contributed by atoms with Gasteiger partial charge in [-0.25, -0.2) is 4.98 Å². The van der Waals surface area contributed by atoms with Crippen LogP contribution in [0, 0.1) is 0 Å². The van der Waals surface area contributed by atoms with Crippen molar-refractivity contribution in [2.75, 3.05) is 12.3 Å². The average molecular weight is 282 g/mol. The van der Waals surface area contributed by atoms with E-state index in [2.05, 4.69) is 21.5 Å². The molecule has 0 amide bonds. The molecular weight excluding hydrogens is 266 g/mol. The van der Waals surface area contributed by atoms with Gasteiger partial charge in [-0.2, -0.15) is 9.97 Å². The monoisotopic (exact) mass is 281 g/mol. The summed E-state index contributed by atoms with van der Waals surface area (Å²) in [6.07, 6.45) is 3.58. The molecule has 7 heteroatoms. The highest BCUT2D eigenvalue weighted by Gasteiger charge is 2.09. The molecule has 0 aliphatic carbocycles. The molecule has 0 aliphatic heterocycles. The van der Waals surface area contributed by atoms with Gasteiger partial charge >= 0.3 is 0 Å². The maximum absolute atomic E-state index is 5.80. The predicted octanol–water partition coefficient (Wildman–Crippen LogP) is 2.39. The highest BCUT2D eigenvalue weighted by atomic mass is 35.5. The Balaban J connectivity index is 1.99. The number of imidazole rings is 1. The van der Waals surface area contributed by atoms with Gasteiger partial charge in [-0.15, -0.1) is 0 Å². The molecule has 2 aromatic heterocycles. The Morgan fingerprint density at radius 3 is 3.00 bits per heavy atom. The van der Waals surface area contributed by atoms with Crippen LogP contribution < -0.4 is 5.73 Å². The number of nitrogens with zero attached hydrogens (tertiary/aromatic N) is 4. The first-order valence-electron chi connectivity index (χ1n) is 6.00. The Kier molecular flexibility index (Phi) is 4.21. The van der Waals surface area contributed by atoms with Crippen molar-refractivity contribution in [3.63, 3.8) is 0 Å². The Morgan fingerprint density at radius 2 is 2.26 bits per heavy atom. The van der Waals surface area contributed by atoms with E-state index in [1.54, 1.807) is 6.33 Å². The Labute approximate surface area is 116 Å². The largest absolute Gasteiger partial charge is 0.499 e. The van der Waals surface area contributed by atoms with Crippen molar-refractivity contribution in [2.24, 2.45) is 0 Å². The first kappa shape index (κ1) is 13.6. The first-order chi connectivity index (χ1) is 9.08. The number of anilines is 1. The average Bonchev–Trinajstić information content (AvgIpc) is 2.72. The number of unbranched alkanes of at least 4 members (excludes halogenated alkanes) is 1. The summed E-state index contributed by atoms with van der Waals surface area (Å²) < 4.78 is 7.22. The van der Waals surface area contributed by atoms with E-state index in [0.717, 1.165) is 25.1 Å². The quantitative estimate of drug-likeness (QED) is 0.500. The number of ether oxygens (including phenoxy) is 1. The van der Waals surface area contributed by atoms with Crippen molar-refractivity contribution in [3.8, 4) is 0 Å². The van der Waals surface area contributed by atoms with Crippen LogP contribution in [-0.2, 0) is 11.3 Å². The number of nitrogen functional groups attached to an aromatic ring is 1. The molecule has 2 N–H and O–H groups in total. The second kappa shape index (κ2) is 5.88. The van der Waals surface area contributed by atoms with Crippen LogP contribution in [0.25, 0.3) is 11.2 Å². The molecular formula is C12H16ClN5O. The smallest absolute Gasteiger partial charge is 0.226 e. The number of allylic oxidation sites excluding steroid dienone is 1. The fraction of sp³-hybridized carbons (Fsp3) is 0.417. The number of hydrogen-bond acceptors (Lipinski definition) is 5. The fourth-order valence-electron chi connectivity index (χ4n) is 1.73. The normalized spacial score (nSPS) is 10.8. The van der Waals surface area contributed by atoms with Gasteiger partial charge < -0.3 is 15.0 Å². The molecule has 0 bridgehead atoms. The zero-order valence-electron chi connectivity index (χ0n) is 10.8. The van der Waals surface area contributed by atoms with E-state index in [0.29, 0.717) is 23.6 Å². The summed E-state index contributed by atoms with van der Waals surface area (Å²) >= 11 is 5.80. The lowest BCUT2D eigenvalue weighted by atomic mass is 10.3. The third-order valence-electron chi connectivity index (χ3n) is 2.61. The Bertz CT molecular complexity index is 595. The van der Waals surface area contributed by atoms with Gasteiger partial charge in [0, 0.05) is 6.54 Å². The van der Waals surface area contributed by atoms with E-state index >= 15 is 0 Å². The van der Waals surface area contributed by atoms with Gasteiger partial charge in [-0.05, 0) is 31.4 Å². The van der Waals surface area contributed by atoms with Crippen LogP contribution in [-0.4, -0.2) is 26.1 Å². The molecule has 6 nitrogen and oxygen atoms in total. The van der Waals surface area contributed by atoms with Gasteiger partial charge in [0.1, 0.15) is 5.52 Å². The standard InChI is InChI=1S/C12H16ClN5O/c1-8(2)19-6-4-3-5-18-7-15-9-10(14)16-12(13)17-11(9)18/h7H,1,3-6H2,2H3,(H2,14,16,17). The lowest BCUT2D eigenvalue weighted by Crippen LogP contribution is -2.01. The van der Waals surface area contributed by atoms with E-state index in [4.69, 9.17) is 22.1 Å². The molecule has 0 saturated carbocycles. The maximum Gasteiger partial charge on any atom is 0.226 e. The van der Waals surface area contributed by atoms with Gasteiger partial charge in [-0.3, -0.25) is 0 Å². The number of rotatable bonds is 6. The number of aryl methyl sites for hydroxylation is 1. The van der Waals surface area contributed by atoms with Crippen molar-refractivity contribution in [1.29, 1.82) is 0 Å². The Morgan fingerprint density at radius 1 is 1.47 bits per heavy atom. The summed E-state index contributed by atoms with van der Waals surface area (Å²) in [5, 5.41) is 0.136. The highest BCUT2D eigenvalue weighted by Crippen LogP contribution is 2.18. The summed E-state index contributed by atoms with van der Waals surface area (Å²) in [5.74, 6) is 1.04. The Hall–Kier alpha value is -1.82. The highest BCUT2D eigenvalue weighted by molar-refractivity contribution is 6.28. The van der Waals surface area contributed by atoms with Crippen molar-refractivity contribution in [3.05, 3.63) is 23.9 Å². The van der Waals surface area contributed by atoms with Crippen LogP contribution in [0.15, 0.2) is 18.7 Å². The molecule has 0 aromatic carbocycles. The zero-order valence-corrected chi connectivity index (χ0v) is 11.5. The van der Waals surface area contributed by atoms with E-state index in [-0.39, 0.29) is 5.28 Å². The number of aromatic nitrogens is 4. The van der Waals surface area contributed by atoms with E-state index < -0.39 is 0 Å². The second-order valence-corrected chi connectivity index (χ2v) is 4.58. The molecule has 0 radical (unpaired) electrons. The van der Waals surface area contributed by atoms with Gasteiger partial charge in [0.2, 0.25) is 5.28 Å². The van der Waals surface area contributed by atoms with Crippen LogP contribution in [0.3, 0.4) is 0 Å². The van der Waals surface area contributed by atoms with Crippen molar-refractivity contribution >= 4 is 28.6 Å². The number of halogens is 1. The third-order valence-corrected chi connectivity index (χ3v) is 2.77. The lowest BCUT2D eigenvalue weighted by Gasteiger charge is -2.06. The van der Waals surface area contributed by atoms with Gasteiger partial charge in [0.15, 0.2) is 11.5 Å². The fourth-order valence-corrected chi connectivity index (χ4v) is 1.90. The van der Waals surface area contributed by atoms with E-state index in [1.807, 2.05) is 11.5 Å². The predicted molar refractivity (Wildman–Crippen MR) is 74.7 cm³/mol. The molecule has 0 atom stereocenters. The molecule has 0 saturated heterocycles. The van der Waals surface area contributed by atoms with Gasteiger partial charge in [0.05, 0.1) is 18.7 Å². The van der Waals surface area contributed by atoms with Gasteiger partial charge in [0.25, 0.3) is 0 Å². The maximum atomic E-state index is 5.80. The zero-order chi connectivity index (χ0) is 13.8. The minimum Gasteiger partial charge on any atom is -0.499 e. The number of hydrogen-bond donors (Lipinski definition) is 1. The van der Waals surface area contributed by atoms with Gasteiger partial charge in [-0.1, -0.05) is 6.58 Å². The SMILES string of the molecule is C=C(C)OCCCCn1cnc2c(N)nc(Cl)nc21. The molecule has 0 aliphatic rings. The molecule has 0 spiro atoms. The molecule has 19 heavy (non-hydrogen) atoms. The number of nitrogens with two attached hydrogens (primary N) is 1. The summed E-state index contributed by atoms with van der Waals surface area (Å²) in [6, 6.07) is 0. The van der Waals surface area contributed by atoms with E-state index in [9.17, 15) is 0 Å². The second-order valence-electron chi connectivity index (χ2n) is 4.25. The van der Waals surface area contributed by atoms with Crippen LogP contribution in [0.5, 0.6) is 0 Å². The van der Waals surface area contributed by atoms with Crippen molar-refractivity contribution in [2.45, 2.75) is 26.3 Å². The molecule has 2 rings (SSSR count). The minimum absolute atomic E-state index is 0.136. The molecule has 0 unspecified atom stereocenters. The van der Waals surface area contributed by atoms with E-state index in [1.165, 1.54) is 0 Å². The summed E-state index contributed by atoms with van der Waals surface area (Å²) in [5.41, 5.74) is 6.99.